The molecule has 2 N–H and O–H groups in total. The van der Waals surface area contributed by atoms with E-state index in [-0.39, 0.29) is 11.9 Å². The smallest absolute Gasteiger partial charge is 0.130 e. The number of benzene rings is 2. The quantitative estimate of drug-likeness (QED) is 0.896. The Morgan fingerprint density at radius 3 is 2.60 bits per heavy atom. The van der Waals surface area contributed by atoms with Crippen molar-refractivity contribution in [1.29, 1.82) is 0 Å². The van der Waals surface area contributed by atoms with Crippen molar-refractivity contribution in [2.24, 2.45) is 5.73 Å². The Balaban J connectivity index is 2.17. The summed E-state index contributed by atoms with van der Waals surface area (Å²) in [5.74, 6) is -0.228. The number of fused-ring (bicyclic) bond motifs is 1. The van der Waals surface area contributed by atoms with Crippen molar-refractivity contribution in [1.82, 2.24) is 0 Å². The maximum Gasteiger partial charge on any atom is 0.130 e. The molecule has 3 rings (SSSR count). The molecule has 2 aromatic carbocycles. The lowest BCUT2D eigenvalue weighted by molar-refractivity contribution is 0.591. The summed E-state index contributed by atoms with van der Waals surface area (Å²) in [5.41, 5.74) is 9.93. The first kappa shape index (κ1) is 13.1. The minimum atomic E-state index is -0.328. The Labute approximate surface area is 119 Å². The highest BCUT2D eigenvalue weighted by atomic mass is 19.1. The van der Waals surface area contributed by atoms with E-state index in [9.17, 15) is 4.39 Å². The van der Waals surface area contributed by atoms with Crippen molar-refractivity contribution in [2.45, 2.75) is 32.4 Å². The SMILES string of the molecule is CC(N)c1c(F)cccc1N1c2ccccc2CC1C. The average molecular weight is 270 g/mol. The van der Waals surface area contributed by atoms with Gasteiger partial charge in [-0.2, -0.15) is 0 Å². The van der Waals surface area contributed by atoms with Crippen molar-refractivity contribution in [3.05, 3.63) is 59.4 Å². The van der Waals surface area contributed by atoms with Crippen LogP contribution >= 0.6 is 0 Å². The van der Waals surface area contributed by atoms with Crippen LogP contribution in [0.15, 0.2) is 42.5 Å². The molecular formula is C17H19FN2. The van der Waals surface area contributed by atoms with Crippen molar-refractivity contribution < 1.29 is 4.39 Å². The van der Waals surface area contributed by atoms with Crippen LogP contribution in [0.4, 0.5) is 15.8 Å². The molecule has 0 bridgehead atoms. The molecule has 0 radical (unpaired) electrons. The van der Waals surface area contributed by atoms with Gasteiger partial charge in [-0.05, 0) is 44.0 Å². The first-order chi connectivity index (χ1) is 9.59. The zero-order valence-corrected chi connectivity index (χ0v) is 11.8. The first-order valence-electron chi connectivity index (χ1n) is 7.00. The predicted octanol–water partition coefficient (Wildman–Crippen LogP) is 3.93. The summed E-state index contributed by atoms with van der Waals surface area (Å²) in [5, 5.41) is 0. The zero-order chi connectivity index (χ0) is 14.3. The van der Waals surface area contributed by atoms with E-state index in [1.807, 2.05) is 25.1 Å². The topological polar surface area (TPSA) is 29.3 Å². The normalized spacial score (nSPS) is 19.0. The van der Waals surface area contributed by atoms with Gasteiger partial charge in [0.1, 0.15) is 5.82 Å². The van der Waals surface area contributed by atoms with Crippen molar-refractivity contribution in [3.8, 4) is 0 Å². The van der Waals surface area contributed by atoms with Crippen LogP contribution in [-0.2, 0) is 6.42 Å². The van der Waals surface area contributed by atoms with Gasteiger partial charge in [0.2, 0.25) is 0 Å². The summed E-state index contributed by atoms with van der Waals surface area (Å²) < 4.78 is 14.2. The lowest BCUT2D eigenvalue weighted by atomic mass is 10.0. The molecule has 1 heterocycles. The molecule has 0 spiro atoms. The largest absolute Gasteiger partial charge is 0.338 e. The highest BCUT2D eigenvalue weighted by molar-refractivity contribution is 5.73. The Kier molecular flexibility index (Phi) is 3.22. The van der Waals surface area contributed by atoms with Gasteiger partial charge in [-0.3, -0.25) is 0 Å². The number of anilines is 2. The van der Waals surface area contributed by atoms with Gasteiger partial charge < -0.3 is 10.6 Å². The van der Waals surface area contributed by atoms with Gasteiger partial charge in [0.15, 0.2) is 0 Å². The lowest BCUT2D eigenvalue weighted by Gasteiger charge is -2.28. The van der Waals surface area contributed by atoms with Gasteiger partial charge in [0.05, 0.1) is 0 Å². The van der Waals surface area contributed by atoms with Crippen molar-refractivity contribution in [2.75, 3.05) is 4.90 Å². The molecule has 0 aliphatic carbocycles. The van der Waals surface area contributed by atoms with Crippen LogP contribution in [0.5, 0.6) is 0 Å². The predicted molar refractivity (Wildman–Crippen MR) is 80.7 cm³/mol. The minimum Gasteiger partial charge on any atom is -0.338 e. The van der Waals surface area contributed by atoms with Crippen LogP contribution in [0.25, 0.3) is 0 Å². The Hall–Kier alpha value is -1.87. The van der Waals surface area contributed by atoms with Gasteiger partial charge in [-0.15, -0.1) is 0 Å². The molecule has 2 atom stereocenters. The van der Waals surface area contributed by atoms with E-state index in [1.54, 1.807) is 6.07 Å². The molecule has 0 fully saturated rings. The third-order valence-electron chi connectivity index (χ3n) is 3.95. The fourth-order valence-electron chi connectivity index (χ4n) is 3.12. The fraction of sp³-hybridized carbons (Fsp3) is 0.294. The first-order valence-corrected chi connectivity index (χ1v) is 7.00. The second kappa shape index (κ2) is 4.91. The Morgan fingerprint density at radius 1 is 1.15 bits per heavy atom. The number of nitrogens with zero attached hydrogens (tertiary/aromatic N) is 1. The molecule has 1 aliphatic heterocycles. The number of hydrogen-bond donors (Lipinski definition) is 1. The molecular weight excluding hydrogens is 251 g/mol. The maximum atomic E-state index is 14.2. The summed E-state index contributed by atoms with van der Waals surface area (Å²) in [6, 6.07) is 13.5. The van der Waals surface area contributed by atoms with Crippen LogP contribution in [-0.4, -0.2) is 6.04 Å². The monoisotopic (exact) mass is 270 g/mol. The zero-order valence-electron chi connectivity index (χ0n) is 11.8. The number of nitrogens with two attached hydrogens (primary N) is 1. The highest BCUT2D eigenvalue weighted by Gasteiger charge is 2.29. The van der Waals surface area contributed by atoms with Crippen LogP contribution in [0.1, 0.15) is 31.0 Å². The molecule has 1 aliphatic rings. The maximum absolute atomic E-state index is 14.2. The number of hydrogen-bond acceptors (Lipinski definition) is 2. The highest BCUT2D eigenvalue weighted by Crippen LogP contribution is 2.41. The van der Waals surface area contributed by atoms with Crippen molar-refractivity contribution >= 4 is 11.4 Å². The van der Waals surface area contributed by atoms with Crippen LogP contribution in [0.2, 0.25) is 0 Å². The van der Waals surface area contributed by atoms with E-state index in [2.05, 4.69) is 24.0 Å². The molecule has 20 heavy (non-hydrogen) atoms. The van der Waals surface area contributed by atoms with Gasteiger partial charge in [0.25, 0.3) is 0 Å². The molecule has 3 heteroatoms. The summed E-state index contributed by atoms with van der Waals surface area (Å²) in [7, 11) is 0. The standard InChI is InChI=1S/C17H19FN2/c1-11-10-13-6-3-4-8-15(13)20(11)16-9-5-7-14(18)17(16)12(2)19/h3-9,11-12H,10,19H2,1-2H3. The van der Waals surface area contributed by atoms with E-state index in [0.29, 0.717) is 11.6 Å². The van der Waals surface area contributed by atoms with Gasteiger partial charge in [0, 0.05) is 29.0 Å². The number of para-hydroxylation sites is 1. The number of halogens is 1. The number of rotatable bonds is 2. The average Bonchev–Trinajstić information content (AvgIpc) is 2.73. The van der Waals surface area contributed by atoms with E-state index >= 15 is 0 Å². The van der Waals surface area contributed by atoms with E-state index in [4.69, 9.17) is 5.73 Å². The molecule has 2 nitrogen and oxygen atoms in total. The molecule has 0 saturated carbocycles. The fourth-order valence-corrected chi connectivity index (χ4v) is 3.12. The minimum absolute atomic E-state index is 0.228. The third kappa shape index (κ3) is 1.98. The lowest BCUT2D eigenvalue weighted by Crippen LogP contribution is -2.26. The summed E-state index contributed by atoms with van der Waals surface area (Å²) in [4.78, 5) is 2.21. The summed E-state index contributed by atoms with van der Waals surface area (Å²) >= 11 is 0. The molecule has 0 amide bonds. The van der Waals surface area contributed by atoms with Gasteiger partial charge >= 0.3 is 0 Å². The van der Waals surface area contributed by atoms with E-state index < -0.39 is 0 Å². The van der Waals surface area contributed by atoms with Crippen LogP contribution in [0, 0.1) is 5.82 Å². The van der Waals surface area contributed by atoms with Crippen molar-refractivity contribution in [3.63, 3.8) is 0 Å². The van der Waals surface area contributed by atoms with Gasteiger partial charge in [-0.1, -0.05) is 24.3 Å². The Morgan fingerprint density at radius 2 is 1.85 bits per heavy atom. The summed E-state index contributed by atoms with van der Waals surface area (Å²) in [6.45, 7) is 3.99. The Bertz CT molecular complexity index is 637. The second-order valence-electron chi connectivity index (χ2n) is 5.51. The third-order valence-corrected chi connectivity index (χ3v) is 3.95. The summed E-state index contributed by atoms with van der Waals surface area (Å²) in [6.07, 6.45) is 0.977. The molecule has 104 valence electrons. The second-order valence-corrected chi connectivity index (χ2v) is 5.51. The molecule has 0 aromatic heterocycles. The van der Waals surface area contributed by atoms with E-state index in [1.165, 1.54) is 11.6 Å². The molecule has 0 saturated heterocycles. The molecule has 2 unspecified atom stereocenters. The van der Waals surface area contributed by atoms with E-state index in [0.717, 1.165) is 17.8 Å². The van der Waals surface area contributed by atoms with Crippen LogP contribution < -0.4 is 10.6 Å². The van der Waals surface area contributed by atoms with Crippen LogP contribution in [0.3, 0.4) is 0 Å². The van der Waals surface area contributed by atoms with Gasteiger partial charge in [-0.25, -0.2) is 4.39 Å². The molecule has 2 aromatic rings.